The second-order valence-electron chi connectivity index (χ2n) is 6.74. The van der Waals surface area contributed by atoms with E-state index in [2.05, 4.69) is 17.1 Å². The zero-order chi connectivity index (χ0) is 18.7. The van der Waals surface area contributed by atoms with Crippen molar-refractivity contribution in [3.63, 3.8) is 0 Å². The molecule has 2 aliphatic rings. The van der Waals surface area contributed by atoms with Gasteiger partial charge >= 0.3 is 0 Å². The number of hydrogen-bond donors (Lipinski definition) is 0. The first-order valence-electron chi connectivity index (χ1n) is 8.74. The minimum absolute atomic E-state index is 0.126. The number of aromatic nitrogens is 5. The van der Waals surface area contributed by atoms with Gasteiger partial charge in [0.2, 0.25) is 11.0 Å². The molecule has 1 aliphatic heterocycles. The Labute approximate surface area is 170 Å². The van der Waals surface area contributed by atoms with Crippen LogP contribution in [0.1, 0.15) is 30.2 Å². The van der Waals surface area contributed by atoms with E-state index in [9.17, 15) is 0 Å². The first-order chi connectivity index (χ1) is 13.0. The number of nitrogens with zero attached hydrogens (tertiary/aromatic N) is 6. The minimum Gasteiger partial charge on any atom is -0.272 e. The Kier molecular flexibility index (Phi) is 4.07. The third-order valence-corrected chi connectivity index (χ3v) is 6.81. The van der Waals surface area contributed by atoms with Crippen molar-refractivity contribution in [2.24, 2.45) is 12.1 Å². The Bertz CT molecular complexity index is 1100. The van der Waals surface area contributed by atoms with Gasteiger partial charge in [-0.15, -0.1) is 10.2 Å². The lowest BCUT2D eigenvalue weighted by Crippen LogP contribution is -2.21. The van der Waals surface area contributed by atoms with E-state index in [1.165, 1.54) is 11.3 Å². The molecular weight excluding hydrogens is 403 g/mol. The van der Waals surface area contributed by atoms with Crippen molar-refractivity contribution >= 4 is 40.7 Å². The highest BCUT2D eigenvalue weighted by molar-refractivity contribution is 8.00. The van der Waals surface area contributed by atoms with Crippen LogP contribution in [0, 0.1) is 0 Å². The molecule has 0 amide bonds. The summed E-state index contributed by atoms with van der Waals surface area (Å²) in [5.74, 6) is 0.695. The summed E-state index contributed by atoms with van der Waals surface area (Å²) in [5.41, 5.74) is 5.30. The first-order valence-corrected chi connectivity index (χ1v) is 10.4. The highest BCUT2D eigenvalue weighted by Crippen LogP contribution is 2.36. The molecule has 5 rings (SSSR count). The monoisotopic (exact) mass is 418 g/mol. The van der Waals surface area contributed by atoms with Gasteiger partial charge in [0.1, 0.15) is 5.69 Å². The molecule has 138 valence electrons. The lowest BCUT2D eigenvalue weighted by atomic mass is 10.1. The lowest BCUT2D eigenvalue weighted by Gasteiger charge is -2.20. The maximum Gasteiger partial charge on any atom is 0.213 e. The van der Waals surface area contributed by atoms with E-state index in [1.54, 1.807) is 17.8 Å². The van der Waals surface area contributed by atoms with Crippen LogP contribution in [0.25, 0.3) is 11.5 Å². The molecule has 6 nitrogen and oxygen atoms in total. The number of aryl methyl sites for hydroxylation is 1. The zero-order valence-corrected chi connectivity index (χ0v) is 17.1. The summed E-state index contributed by atoms with van der Waals surface area (Å²) in [6.07, 6.45) is 3.23. The van der Waals surface area contributed by atoms with Crippen LogP contribution >= 0.6 is 35.0 Å². The highest BCUT2D eigenvalue weighted by atomic mass is 35.5. The van der Waals surface area contributed by atoms with E-state index in [-0.39, 0.29) is 5.25 Å². The molecule has 1 aliphatic carbocycles. The predicted molar refractivity (Wildman–Crippen MR) is 108 cm³/mol. The molecule has 1 aromatic carbocycles. The molecule has 1 atom stereocenters. The molecule has 0 saturated heterocycles. The fourth-order valence-corrected chi connectivity index (χ4v) is 4.94. The Morgan fingerprint density at radius 3 is 2.81 bits per heavy atom. The van der Waals surface area contributed by atoms with Crippen molar-refractivity contribution in [1.82, 2.24) is 24.7 Å². The van der Waals surface area contributed by atoms with Crippen LogP contribution in [0.15, 0.2) is 28.5 Å². The molecule has 2 aromatic heterocycles. The summed E-state index contributed by atoms with van der Waals surface area (Å²) >= 11 is 13.9. The van der Waals surface area contributed by atoms with E-state index >= 15 is 0 Å². The lowest BCUT2D eigenvalue weighted by molar-refractivity contribution is 0.702. The van der Waals surface area contributed by atoms with E-state index in [1.807, 2.05) is 28.5 Å². The Hall–Kier alpha value is -1.83. The summed E-state index contributed by atoms with van der Waals surface area (Å²) in [5, 5.41) is 20.3. The van der Waals surface area contributed by atoms with Crippen molar-refractivity contribution in [2.75, 3.05) is 0 Å². The van der Waals surface area contributed by atoms with Gasteiger partial charge < -0.3 is 0 Å². The molecule has 3 aromatic rings. The van der Waals surface area contributed by atoms with Gasteiger partial charge in [-0.25, -0.2) is 0 Å². The van der Waals surface area contributed by atoms with Crippen LogP contribution in [0.2, 0.25) is 10.0 Å². The predicted octanol–water partition coefficient (Wildman–Crippen LogP) is 4.22. The highest BCUT2D eigenvalue weighted by Gasteiger charge is 2.30. The molecule has 0 N–H and O–H groups in total. The van der Waals surface area contributed by atoms with Crippen molar-refractivity contribution < 1.29 is 0 Å². The Morgan fingerprint density at radius 2 is 2.00 bits per heavy atom. The SMILES string of the molecule is CC1Sc2nnc(-c3nn(C)c4c3CCC4)n2N=C1c1ccc(Cl)c(Cl)c1. The normalized spacial score (nSPS) is 18.4. The number of thioether (sulfide) groups is 1. The standard InChI is InChI=1S/C18H16Cl2N6S/c1-9-15(10-6-7-12(19)13(20)8-10)24-26-17(21-22-18(26)27-9)16-11-4-3-5-14(11)25(2)23-16/h6-9H,3-5H2,1-2H3. The number of benzene rings is 1. The summed E-state index contributed by atoms with van der Waals surface area (Å²) in [6, 6.07) is 5.60. The molecule has 0 spiro atoms. The fraction of sp³-hybridized carbons (Fsp3) is 0.333. The average molecular weight is 419 g/mol. The first kappa shape index (κ1) is 17.3. The average Bonchev–Trinajstić information content (AvgIpc) is 3.34. The molecule has 0 saturated carbocycles. The van der Waals surface area contributed by atoms with Gasteiger partial charge in [-0.05, 0) is 38.3 Å². The van der Waals surface area contributed by atoms with Gasteiger partial charge in [-0.1, -0.05) is 41.0 Å². The number of rotatable bonds is 2. The molecule has 0 bridgehead atoms. The minimum atomic E-state index is 0.126. The topological polar surface area (TPSA) is 60.9 Å². The van der Waals surface area contributed by atoms with Crippen LogP contribution in [0.4, 0.5) is 0 Å². The van der Waals surface area contributed by atoms with E-state index in [0.29, 0.717) is 15.9 Å². The quantitative estimate of drug-likeness (QED) is 0.624. The number of hydrogen-bond acceptors (Lipinski definition) is 5. The third-order valence-electron chi connectivity index (χ3n) is 5.03. The van der Waals surface area contributed by atoms with Crippen LogP contribution < -0.4 is 0 Å². The van der Waals surface area contributed by atoms with Gasteiger partial charge in [-0.2, -0.15) is 14.9 Å². The molecule has 9 heteroatoms. The van der Waals surface area contributed by atoms with E-state index < -0.39 is 0 Å². The van der Waals surface area contributed by atoms with E-state index in [4.69, 9.17) is 33.4 Å². The molecule has 0 radical (unpaired) electrons. The molecule has 0 fully saturated rings. The second-order valence-corrected chi connectivity index (χ2v) is 8.87. The van der Waals surface area contributed by atoms with Gasteiger partial charge in [0.25, 0.3) is 0 Å². The smallest absolute Gasteiger partial charge is 0.213 e. The summed E-state index contributed by atoms with van der Waals surface area (Å²) in [4.78, 5) is 0. The number of fused-ring (bicyclic) bond motifs is 2. The second kappa shape index (κ2) is 6.36. The van der Waals surface area contributed by atoms with Crippen molar-refractivity contribution in [3.8, 4) is 11.5 Å². The Balaban J connectivity index is 1.65. The van der Waals surface area contributed by atoms with Gasteiger partial charge in [0, 0.05) is 23.9 Å². The summed E-state index contributed by atoms with van der Waals surface area (Å²) in [7, 11) is 1.99. The molecule has 1 unspecified atom stereocenters. The maximum absolute atomic E-state index is 6.22. The Morgan fingerprint density at radius 1 is 1.15 bits per heavy atom. The van der Waals surface area contributed by atoms with Gasteiger partial charge in [0.15, 0.2) is 0 Å². The zero-order valence-electron chi connectivity index (χ0n) is 14.8. The molecule has 3 heterocycles. The van der Waals surface area contributed by atoms with Crippen LogP contribution in [0.3, 0.4) is 0 Å². The summed E-state index contributed by atoms with van der Waals surface area (Å²) < 4.78 is 3.77. The van der Waals surface area contributed by atoms with Crippen molar-refractivity contribution in [2.45, 2.75) is 36.6 Å². The maximum atomic E-state index is 6.22. The van der Waals surface area contributed by atoms with Crippen molar-refractivity contribution in [1.29, 1.82) is 0 Å². The summed E-state index contributed by atoms with van der Waals surface area (Å²) in [6.45, 7) is 2.10. The third kappa shape index (κ3) is 2.71. The van der Waals surface area contributed by atoms with E-state index in [0.717, 1.165) is 41.4 Å². The molecule has 27 heavy (non-hydrogen) atoms. The fourth-order valence-electron chi connectivity index (χ4n) is 3.72. The number of halogens is 2. The van der Waals surface area contributed by atoms with Crippen LogP contribution in [-0.4, -0.2) is 35.6 Å². The van der Waals surface area contributed by atoms with Gasteiger partial charge in [-0.3, -0.25) is 4.68 Å². The largest absolute Gasteiger partial charge is 0.272 e. The van der Waals surface area contributed by atoms with Crippen LogP contribution in [-0.2, 0) is 19.9 Å². The molecular formula is C18H16Cl2N6S. The van der Waals surface area contributed by atoms with Crippen molar-refractivity contribution in [3.05, 3.63) is 45.1 Å². The van der Waals surface area contributed by atoms with Crippen LogP contribution in [0.5, 0.6) is 0 Å². The van der Waals surface area contributed by atoms with Gasteiger partial charge in [0.05, 0.1) is 21.0 Å².